The Morgan fingerprint density at radius 3 is 2.70 bits per heavy atom. The number of hydrogen-bond acceptors (Lipinski definition) is 3. The van der Waals surface area contributed by atoms with Crippen LogP contribution in [0.3, 0.4) is 0 Å². The molecule has 3 nitrogen and oxygen atoms in total. The number of thiophene rings is 1. The summed E-state index contributed by atoms with van der Waals surface area (Å²) in [4.78, 5) is 17.8. The molecule has 1 amide bonds. The summed E-state index contributed by atoms with van der Waals surface area (Å²) < 4.78 is 1.12. The first kappa shape index (κ1) is 13.9. The average Bonchev–Trinajstić information content (AvgIpc) is 2.99. The van der Waals surface area contributed by atoms with Crippen LogP contribution >= 0.6 is 11.3 Å². The molecule has 23 heavy (non-hydrogen) atoms. The van der Waals surface area contributed by atoms with Gasteiger partial charge in [-0.15, -0.1) is 11.3 Å². The number of fused-ring (bicyclic) bond motifs is 2. The van der Waals surface area contributed by atoms with Crippen molar-refractivity contribution in [2.75, 3.05) is 5.32 Å². The Kier molecular flexibility index (Phi) is 3.32. The number of carbonyl (C=O) groups excluding carboxylic acids is 1. The number of aryl methyl sites for hydroxylation is 1. The molecule has 2 heterocycles. The fourth-order valence-corrected chi connectivity index (χ4v) is 3.58. The minimum atomic E-state index is -0.0954. The molecule has 1 N–H and O–H groups in total. The molecule has 0 spiro atoms. The molecule has 4 aromatic rings. The van der Waals surface area contributed by atoms with Crippen molar-refractivity contribution >= 4 is 43.9 Å². The number of nitrogens with zero attached hydrogens (tertiary/aromatic N) is 1. The zero-order valence-corrected chi connectivity index (χ0v) is 13.4. The van der Waals surface area contributed by atoms with Crippen molar-refractivity contribution in [1.29, 1.82) is 0 Å². The van der Waals surface area contributed by atoms with Crippen LogP contribution in [0.15, 0.2) is 60.7 Å². The third kappa shape index (κ3) is 2.58. The van der Waals surface area contributed by atoms with E-state index in [2.05, 4.69) is 10.3 Å². The van der Waals surface area contributed by atoms with E-state index < -0.39 is 0 Å². The lowest BCUT2D eigenvalue weighted by molar-refractivity contribution is 0.103. The highest BCUT2D eigenvalue weighted by Gasteiger charge is 2.12. The average molecular weight is 318 g/mol. The van der Waals surface area contributed by atoms with Gasteiger partial charge in [-0.3, -0.25) is 9.78 Å². The monoisotopic (exact) mass is 318 g/mol. The summed E-state index contributed by atoms with van der Waals surface area (Å²) in [5.41, 5.74) is 2.50. The first-order chi connectivity index (χ1) is 11.2. The Balaban J connectivity index is 1.72. The molecule has 0 atom stereocenters. The van der Waals surface area contributed by atoms with E-state index in [4.69, 9.17) is 0 Å². The second-order valence-electron chi connectivity index (χ2n) is 5.43. The summed E-state index contributed by atoms with van der Waals surface area (Å²) in [7, 11) is 0. The summed E-state index contributed by atoms with van der Waals surface area (Å²) >= 11 is 1.50. The highest BCUT2D eigenvalue weighted by atomic mass is 32.1. The number of aromatic nitrogens is 1. The number of hydrogen-bond donors (Lipinski definition) is 1. The maximum atomic E-state index is 12.6. The van der Waals surface area contributed by atoms with Gasteiger partial charge in [-0.05, 0) is 36.6 Å². The minimum Gasteiger partial charge on any atom is -0.319 e. The van der Waals surface area contributed by atoms with Crippen LogP contribution in [0.1, 0.15) is 15.4 Å². The Bertz CT molecular complexity index is 1000. The molecule has 4 heteroatoms. The number of para-hydroxylation sites is 1. The first-order valence-electron chi connectivity index (χ1n) is 7.37. The van der Waals surface area contributed by atoms with E-state index in [9.17, 15) is 4.79 Å². The summed E-state index contributed by atoms with van der Waals surface area (Å²) in [5, 5.41) is 5.11. The van der Waals surface area contributed by atoms with E-state index in [-0.39, 0.29) is 5.91 Å². The second-order valence-corrected chi connectivity index (χ2v) is 6.52. The Hall–Kier alpha value is -2.72. The molecular weight excluding hydrogens is 304 g/mol. The summed E-state index contributed by atoms with van der Waals surface area (Å²) in [6, 6.07) is 19.7. The fraction of sp³-hybridized carbons (Fsp3) is 0.0526. The first-order valence-corrected chi connectivity index (χ1v) is 8.19. The topological polar surface area (TPSA) is 42.0 Å². The van der Waals surface area contributed by atoms with Crippen molar-refractivity contribution in [3.8, 4) is 0 Å². The van der Waals surface area contributed by atoms with E-state index in [0.29, 0.717) is 4.88 Å². The Labute approximate surface area is 137 Å². The molecule has 0 bridgehead atoms. The SMILES string of the molecule is Cc1ccc2cccc(NC(=O)c3cc4ccccc4s3)c2n1. The van der Waals surface area contributed by atoms with E-state index in [1.54, 1.807) is 0 Å². The minimum absolute atomic E-state index is 0.0954. The lowest BCUT2D eigenvalue weighted by Crippen LogP contribution is -2.10. The van der Waals surface area contributed by atoms with E-state index in [0.717, 1.165) is 32.4 Å². The largest absolute Gasteiger partial charge is 0.319 e. The molecule has 0 radical (unpaired) electrons. The third-order valence-electron chi connectivity index (χ3n) is 3.76. The number of carbonyl (C=O) groups is 1. The van der Waals surface area contributed by atoms with Crippen LogP contribution in [-0.2, 0) is 0 Å². The number of benzene rings is 2. The van der Waals surface area contributed by atoms with Gasteiger partial charge in [-0.1, -0.05) is 36.4 Å². The van der Waals surface area contributed by atoms with Gasteiger partial charge in [0.05, 0.1) is 16.1 Å². The van der Waals surface area contributed by atoms with Crippen LogP contribution in [0.2, 0.25) is 0 Å². The normalized spacial score (nSPS) is 11.0. The van der Waals surface area contributed by atoms with Crippen LogP contribution < -0.4 is 5.32 Å². The maximum absolute atomic E-state index is 12.6. The van der Waals surface area contributed by atoms with Gasteiger partial charge in [0.15, 0.2) is 0 Å². The molecule has 4 rings (SSSR count). The summed E-state index contributed by atoms with van der Waals surface area (Å²) in [6.07, 6.45) is 0. The molecule has 0 unspecified atom stereocenters. The van der Waals surface area contributed by atoms with Gasteiger partial charge in [-0.2, -0.15) is 0 Å². The zero-order chi connectivity index (χ0) is 15.8. The van der Waals surface area contributed by atoms with Crippen molar-refractivity contribution in [2.24, 2.45) is 0 Å². The van der Waals surface area contributed by atoms with Crippen LogP contribution in [0.5, 0.6) is 0 Å². The molecule has 2 aromatic heterocycles. The Morgan fingerprint density at radius 2 is 1.83 bits per heavy atom. The predicted octanol–water partition coefficient (Wildman–Crippen LogP) is 5.01. The molecule has 0 aliphatic rings. The van der Waals surface area contributed by atoms with E-state index in [1.807, 2.05) is 67.6 Å². The van der Waals surface area contributed by atoms with Crippen molar-refractivity contribution in [1.82, 2.24) is 4.98 Å². The lowest BCUT2D eigenvalue weighted by atomic mass is 10.1. The lowest BCUT2D eigenvalue weighted by Gasteiger charge is -2.07. The molecule has 0 aliphatic carbocycles. The number of anilines is 1. The summed E-state index contributed by atoms with van der Waals surface area (Å²) in [6.45, 7) is 1.95. The third-order valence-corrected chi connectivity index (χ3v) is 4.87. The number of amides is 1. The molecule has 0 saturated carbocycles. The highest BCUT2D eigenvalue weighted by molar-refractivity contribution is 7.20. The van der Waals surface area contributed by atoms with Crippen molar-refractivity contribution < 1.29 is 4.79 Å². The molecule has 2 aromatic carbocycles. The second kappa shape index (κ2) is 5.48. The molecule has 112 valence electrons. The van der Waals surface area contributed by atoms with E-state index in [1.165, 1.54) is 11.3 Å². The maximum Gasteiger partial charge on any atom is 0.265 e. The zero-order valence-electron chi connectivity index (χ0n) is 12.5. The quantitative estimate of drug-likeness (QED) is 0.564. The van der Waals surface area contributed by atoms with Crippen molar-refractivity contribution in [2.45, 2.75) is 6.92 Å². The van der Waals surface area contributed by atoms with Gasteiger partial charge >= 0.3 is 0 Å². The van der Waals surface area contributed by atoms with Crippen LogP contribution in [0, 0.1) is 6.92 Å². The van der Waals surface area contributed by atoms with Crippen LogP contribution in [0.25, 0.3) is 21.0 Å². The Morgan fingerprint density at radius 1 is 1.00 bits per heavy atom. The highest BCUT2D eigenvalue weighted by Crippen LogP contribution is 2.27. The van der Waals surface area contributed by atoms with Crippen LogP contribution in [0.4, 0.5) is 5.69 Å². The number of rotatable bonds is 2. The van der Waals surface area contributed by atoms with Gasteiger partial charge in [0, 0.05) is 15.8 Å². The van der Waals surface area contributed by atoms with Gasteiger partial charge in [-0.25, -0.2) is 0 Å². The van der Waals surface area contributed by atoms with Crippen LogP contribution in [-0.4, -0.2) is 10.9 Å². The van der Waals surface area contributed by atoms with Gasteiger partial charge in [0.2, 0.25) is 0 Å². The number of nitrogens with one attached hydrogen (secondary N) is 1. The smallest absolute Gasteiger partial charge is 0.265 e. The van der Waals surface area contributed by atoms with Crippen molar-refractivity contribution in [3.05, 3.63) is 71.2 Å². The van der Waals surface area contributed by atoms with Gasteiger partial charge < -0.3 is 5.32 Å². The molecule has 0 saturated heterocycles. The molecule has 0 aliphatic heterocycles. The fourth-order valence-electron chi connectivity index (χ4n) is 2.62. The molecule has 0 fully saturated rings. The van der Waals surface area contributed by atoms with E-state index >= 15 is 0 Å². The van der Waals surface area contributed by atoms with Gasteiger partial charge in [0.25, 0.3) is 5.91 Å². The standard InChI is InChI=1S/C19H14N2OS/c1-12-9-10-13-6-4-7-15(18(13)20-12)21-19(22)17-11-14-5-2-3-8-16(14)23-17/h2-11H,1H3,(H,21,22). The summed E-state index contributed by atoms with van der Waals surface area (Å²) in [5.74, 6) is -0.0954. The van der Waals surface area contributed by atoms with Crippen molar-refractivity contribution in [3.63, 3.8) is 0 Å². The van der Waals surface area contributed by atoms with Gasteiger partial charge in [0.1, 0.15) is 0 Å². The predicted molar refractivity (Wildman–Crippen MR) is 96.3 cm³/mol. The molecular formula is C19H14N2OS. The number of pyridine rings is 1.